The minimum atomic E-state index is -0.197. The maximum atomic E-state index is 13.2. The number of hydrogen-bond donors (Lipinski definition) is 2. The van der Waals surface area contributed by atoms with Gasteiger partial charge < -0.3 is 29.4 Å². The fourth-order valence-electron chi connectivity index (χ4n) is 4.88. The zero-order chi connectivity index (χ0) is 21.9. The van der Waals surface area contributed by atoms with Crippen LogP contribution in [0.4, 0.5) is 4.79 Å². The number of carbonyl (C=O) groups excluding carboxylic acids is 1. The van der Waals surface area contributed by atoms with Gasteiger partial charge in [-0.3, -0.25) is 4.79 Å². The molecule has 8 nitrogen and oxygen atoms in total. The molecule has 2 amide bonds. The molecule has 172 valence electrons. The number of H-pyrrole nitrogens is 1. The van der Waals surface area contributed by atoms with E-state index in [4.69, 9.17) is 14.2 Å². The Balaban J connectivity index is 1.39. The summed E-state index contributed by atoms with van der Waals surface area (Å²) in [7, 11) is 0. The van der Waals surface area contributed by atoms with Crippen LogP contribution in [0.1, 0.15) is 50.5 Å². The highest BCUT2D eigenvalue weighted by molar-refractivity contribution is 5.83. The Kier molecular flexibility index (Phi) is 6.21. The van der Waals surface area contributed by atoms with E-state index in [0.717, 1.165) is 50.5 Å². The number of aromatic nitrogens is 1. The van der Waals surface area contributed by atoms with E-state index in [9.17, 15) is 9.59 Å². The maximum absolute atomic E-state index is 13.2. The molecular weight excluding hydrogens is 410 g/mol. The second kappa shape index (κ2) is 9.40. The maximum Gasteiger partial charge on any atom is 0.318 e. The summed E-state index contributed by atoms with van der Waals surface area (Å²) in [6.45, 7) is 2.45. The number of fused-ring (bicyclic) bond motifs is 2. The third-order valence-corrected chi connectivity index (χ3v) is 6.61. The van der Waals surface area contributed by atoms with Gasteiger partial charge in [0.05, 0.1) is 18.2 Å². The molecule has 0 spiro atoms. The Hall–Kier alpha value is -2.74. The van der Waals surface area contributed by atoms with Crippen molar-refractivity contribution in [2.24, 2.45) is 0 Å². The van der Waals surface area contributed by atoms with Crippen LogP contribution in [-0.4, -0.2) is 54.4 Å². The van der Waals surface area contributed by atoms with Gasteiger partial charge >= 0.3 is 6.03 Å². The summed E-state index contributed by atoms with van der Waals surface area (Å²) in [5.41, 5.74) is 1.04. The molecule has 0 bridgehead atoms. The lowest BCUT2D eigenvalue weighted by Crippen LogP contribution is -2.48. The van der Waals surface area contributed by atoms with E-state index in [1.54, 1.807) is 11.0 Å². The van der Waals surface area contributed by atoms with Gasteiger partial charge in [-0.15, -0.1) is 0 Å². The van der Waals surface area contributed by atoms with Gasteiger partial charge in [-0.2, -0.15) is 0 Å². The summed E-state index contributed by atoms with van der Waals surface area (Å²) < 4.78 is 17.1. The highest BCUT2D eigenvalue weighted by Crippen LogP contribution is 2.33. The zero-order valence-electron chi connectivity index (χ0n) is 18.4. The van der Waals surface area contributed by atoms with E-state index >= 15 is 0 Å². The van der Waals surface area contributed by atoms with Gasteiger partial charge in [-0.25, -0.2) is 4.79 Å². The average Bonchev–Trinajstić information content (AvgIpc) is 3.32. The van der Waals surface area contributed by atoms with Gasteiger partial charge in [0.2, 0.25) is 0 Å². The molecule has 1 aliphatic carbocycles. The monoisotopic (exact) mass is 441 g/mol. The summed E-state index contributed by atoms with van der Waals surface area (Å²) in [5, 5.41) is 4.05. The largest absolute Gasteiger partial charge is 0.486 e. The highest BCUT2D eigenvalue weighted by atomic mass is 16.6. The molecular formula is C24H31N3O5. The van der Waals surface area contributed by atoms with Gasteiger partial charge in [0.15, 0.2) is 11.5 Å². The van der Waals surface area contributed by atoms with Crippen molar-refractivity contribution in [1.82, 2.24) is 15.2 Å². The van der Waals surface area contributed by atoms with Crippen LogP contribution in [0, 0.1) is 0 Å². The molecule has 3 heterocycles. The molecule has 5 rings (SSSR count). The van der Waals surface area contributed by atoms with Gasteiger partial charge in [0.25, 0.3) is 5.56 Å². The molecule has 1 aromatic carbocycles. The van der Waals surface area contributed by atoms with Crippen LogP contribution < -0.4 is 20.3 Å². The second-order valence-electron chi connectivity index (χ2n) is 9.01. The molecule has 0 radical (unpaired) electrons. The molecule has 32 heavy (non-hydrogen) atoms. The average molecular weight is 442 g/mol. The Bertz CT molecular complexity index is 1020. The number of hydrogen-bond acceptors (Lipinski definition) is 5. The van der Waals surface area contributed by atoms with Crippen molar-refractivity contribution in [3.8, 4) is 11.5 Å². The van der Waals surface area contributed by atoms with E-state index in [0.29, 0.717) is 42.3 Å². The minimum absolute atomic E-state index is 0.0178. The first-order chi connectivity index (χ1) is 15.7. The molecule has 1 aromatic heterocycles. The molecule has 2 fully saturated rings. The highest BCUT2D eigenvalue weighted by Gasteiger charge is 2.26. The van der Waals surface area contributed by atoms with Crippen molar-refractivity contribution < 1.29 is 19.0 Å². The number of rotatable bonds is 5. The normalized spacial score (nSPS) is 20.9. The summed E-state index contributed by atoms with van der Waals surface area (Å²) in [4.78, 5) is 30.7. The van der Waals surface area contributed by atoms with Crippen LogP contribution >= 0.6 is 0 Å². The number of aromatic amines is 1. The van der Waals surface area contributed by atoms with Crippen LogP contribution in [-0.2, 0) is 11.3 Å². The second-order valence-corrected chi connectivity index (χ2v) is 9.01. The number of benzene rings is 1. The molecule has 1 saturated carbocycles. The fraction of sp³-hybridized carbons (Fsp3) is 0.583. The lowest BCUT2D eigenvalue weighted by molar-refractivity contribution is 0.0784. The van der Waals surface area contributed by atoms with E-state index < -0.39 is 0 Å². The topological polar surface area (TPSA) is 92.9 Å². The number of ether oxygens (including phenoxy) is 3. The minimum Gasteiger partial charge on any atom is -0.486 e. The Morgan fingerprint density at radius 3 is 2.53 bits per heavy atom. The van der Waals surface area contributed by atoms with E-state index in [1.165, 1.54) is 6.42 Å². The Morgan fingerprint density at radius 1 is 1.00 bits per heavy atom. The van der Waals surface area contributed by atoms with Crippen molar-refractivity contribution in [3.05, 3.63) is 34.1 Å². The first kappa shape index (κ1) is 21.1. The van der Waals surface area contributed by atoms with Crippen LogP contribution in [0.5, 0.6) is 11.5 Å². The molecule has 8 heteroatoms. The lowest BCUT2D eigenvalue weighted by Gasteiger charge is -2.30. The van der Waals surface area contributed by atoms with Crippen LogP contribution in [0.3, 0.4) is 0 Å². The number of urea groups is 1. The predicted molar refractivity (Wildman–Crippen MR) is 120 cm³/mol. The summed E-state index contributed by atoms with van der Waals surface area (Å²) in [5.74, 6) is 1.31. The van der Waals surface area contributed by atoms with E-state index in [-0.39, 0.29) is 30.3 Å². The first-order valence-corrected chi connectivity index (χ1v) is 11.8. The fourth-order valence-corrected chi connectivity index (χ4v) is 4.88. The molecule has 3 aliphatic rings. The van der Waals surface area contributed by atoms with Crippen LogP contribution in [0.15, 0.2) is 23.0 Å². The van der Waals surface area contributed by atoms with Crippen molar-refractivity contribution >= 4 is 16.9 Å². The molecule has 2 N–H and O–H groups in total. The van der Waals surface area contributed by atoms with E-state index in [1.807, 2.05) is 12.1 Å². The third-order valence-electron chi connectivity index (χ3n) is 6.61. The Morgan fingerprint density at radius 2 is 1.78 bits per heavy atom. The summed E-state index contributed by atoms with van der Waals surface area (Å²) >= 11 is 0. The number of carbonyl (C=O) groups is 1. The molecule has 1 atom stereocenters. The molecule has 0 unspecified atom stereocenters. The number of pyridine rings is 1. The third kappa shape index (κ3) is 4.70. The summed E-state index contributed by atoms with van der Waals surface area (Å²) in [6.07, 6.45) is 7.53. The standard InChI is InChI=1S/C24H31N3O5/c28-23-17(11-16-12-21-22(13-20(16)26-23)32-10-9-31-21)14-27(15-19-7-4-8-30-19)24(29)25-18-5-2-1-3-6-18/h11-13,18-19H,1-10,14-15H2,(H,25,29)(H,26,28)/t19-/m0/s1. The number of nitrogens with one attached hydrogen (secondary N) is 2. The van der Waals surface area contributed by atoms with Crippen molar-refractivity contribution in [2.45, 2.75) is 63.6 Å². The van der Waals surface area contributed by atoms with Gasteiger partial charge in [0, 0.05) is 36.2 Å². The van der Waals surface area contributed by atoms with Crippen molar-refractivity contribution in [1.29, 1.82) is 0 Å². The van der Waals surface area contributed by atoms with E-state index in [2.05, 4.69) is 10.3 Å². The van der Waals surface area contributed by atoms with Gasteiger partial charge in [-0.1, -0.05) is 19.3 Å². The van der Waals surface area contributed by atoms with Gasteiger partial charge in [0.1, 0.15) is 13.2 Å². The SMILES string of the molecule is O=C(NC1CCCCC1)N(Cc1cc2cc3c(cc2[nH]c1=O)OCCO3)C[C@@H]1CCCO1. The quantitative estimate of drug-likeness (QED) is 0.743. The number of nitrogens with zero attached hydrogens (tertiary/aromatic N) is 1. The van der Waals surface area contributed by atoms with Crippen LogP contribution in [0.25, 0.3) is 10.9 Å². The van der Waals surface area contributed by atoms with Crippen LogP contribution in [0.2, 0.25) is 0 Å². The first-order valence-electron chi connectivity index (χ1n) is 11.8. The smallest absolute Gasteiger partial charge is 0.318 e. The Labute approximate surface area is 187 Å². The van der Waals surface area contributed by atoms with Gasteiger partial charge in [-0.05, 0) is 37.8 Å². The lowest BCUT2D eigenvalue weighted by atomic mass is 9.96. The predicted octanol–water partition coefficient (Wildman–Crippen LogP) is 3.32. The number of amides is 2. The molecule has 2 aromatic rings. The molecule has 1 saturated heterocycles. The van der Waals surface area contributed by atoms with Crippen molar-refractivity contribution in [2.75, 3.05) is 26.4 Å². The zero-order valence-corrected chi connectivity index (χ0v) is 18.4. The summed E-state index contributed by atoms with van der Waals surface area (Å²) in [6, 6.07) is 5.63. The molecule has 2 aliphatic heterocycles. The van der Waals surface area contributed by atoms with Crippen molar-refractivity contribution in [3.63, 3.8) is 0 Å².